The maximum absolute atomic E-state index is 6.33. The Morgan fingerprint density at radius 2 is 2.11 bits per heavy atom. The van der Waals surface area contributed by atoms with E-state index in [1.807, 2.05) is 0 Å². The van der Waals surface area contributed by atoms with Gasteiger partial charge in [-0.25, -0.2) is 0 Å². The first-order chi connectivity index (χ1) is 9.19. The smallest absolute Gasteiger partial charge is 0.0366 e. The molecule has 0 aromatic heterocycles. The summed E-state index contributed by atoms with van der Waals surface area (Å²) in [6, 6.07) is 0.718. The van der Waals surface area contributed by atoms with Crippen molar-refractivity contribution < 1.29 is 0 Å². The van der Waals surface area contributed by atoms with Gasteiger partial charge in [-0.15, -0.1) is 0 Å². The average molecular weight is 265 g/mol. The van der Waals surface area contributed by atoms with Crippen LogP contribution in [0, 0.1) is 11.8 Å². The fourth-order valence-electron chi connectivity index (χ4n) is 5.31. The zero-order chi connectivity index (χ0) is 13.5. The van der Waals surface area contributed by atoms with Crippen LogP contribution in [0.2, 0.25) is 0 Å². The van der Waals surface area contributed by atoms with Gasteiger partial charge in [0.2, 0.25) is 0 Å². The quantitative estimate of drug-likeness (QED) is 0.846. The normalized spacial score (nSPS) is 44.7. The minimum Gasteiger partial charge on any atom is -0.329 e. The van der Waals surface area contributed by atoms with Crippen LogP contribution >= 0.6 is 0 Å². The molecule has 4 atom stereocenters. The van der Waals surface area contributed by atoms with E-state index in [0.29, 0.717) is 5.54 Å². The van der Waals surface area contributed by atoms with Crippen LogP contribution < -0.4 is 5.73 Å². The van der Waals surface area contributed by atoms with E-state index in [1.165, 1.54) is 58.2 Å². The standard InChI is InChI=1S/C16H31N3/c1-3-15-11-18(2)7-4-8-19(15)16(12-17)10-13-5-6-14(16)9-13/h13-15H,3-12,17H2,1-2H3. The molecule has 3 heteroatoms. The molecule has 3 fully saturated rings. The molecule has 0 aromatic carbocycles. The highest BCUT2D eigenvalue weighted by molar-refractivity contribution is 5.09. The molecule has 3 aliphatic rings. The third-order valence-corrected chi connectivity index (χ3v) is 6.24. The molecule has 1 saturated heterocycles. The van der Waals surface area contributed by atoms with E-state index >= 15 is 0 Å². The van der Waals surface area contributed by atoms with Gasteiger partial charge in [0.25, 0.3) is 0 Å². The number of nitrogens with two attached hydrogens (primary N) is 1. The third kappa shape index (κ3) is 2.24. The van der Waals surface area contributed by atoms with Gasteiger partial charge in [-0.3, -0.25) is 4.90 Å². The Morgan fingerprint density at radius 3 is 2.68 bits per heavy atom. The van der Waals surface area contributed by atoms with Gasteiger partial charge in [0.1, 0.15) is 0 Å². The number of hydrogen-bond acceptors (Lipinski definition) is 3. The van der Waals surface area contributed by atoms with Crippen molar-refractivity contribution in [1.82, 2.24) is 9.80 Å². The predicted octanol–water partition coefficient (Wildman–Crippen LogP) is 1.92. The highest BCUT2D eigenvalue weighted by atomic mass is 15.3. The van der Waals surface area contributed by atoms with Crippen molar-refractivity contribution in [1.29, 1.82) is 0 Å². The Hall–Kier alpha value is -0.120. The second-order valence-electron chi connectivity index (χ2n) is 7.26. The van der Waals surface area contributed by atoms with Crippen LogP contribution in [-0.4, -0.2) is 54.6 Å². The van der Waals surface area contributed by atoms with Crippen LogP contribution in [-0.2, 0) is 0 Å². The third-order valence-electron chi connectivity index (χ3n) is 6.24. The average Bonchev–Trinajstić information content (AvgIpc) is 2.97. The van der Waals surface area contributed by atoms with Crippen molar-refractivity contribution in [2.45, 2.75) is 57.0 Å². The molecule has 2 aliphatic carbocycles. The highest BCUT2D eigenvalue weighted by Gasteiger charge is 2.54. The van der Waals surface area contributed by atoms with Gasteiger partial charge in [0.05, 0.1) is 0 Å². The molecule has 1 heterocycles. The van der Waals surface area contributed by atoms with E-state index in [9.17, 15) is 0 Å². The Kier molecular flexibility index (Phi) is 3.89. The first-order valence-electron chi connectivity index (χ1n) is 8.35. The molecule has 3 rings (SSSR count). The zero-order valence-corrected chi connectivity index (χ0v) is 12.8. The van der Waals surface area contributed by atoms with Gasteiger partial charge in [-0.1, -0.05) is 13.3 Å². The molecule has 2 bridgehead atoms. The summed E-state index contributed by atoms with van der Waals surface area (Å²) in [7, 11) is 2.28. The second kappa shape index (κ2) is 5.34. The van der Waals surface area contributed by atoms with Gasteiger partial charge in [-0.05, 0) is 57.5 Å². The summed E-state index contributed by atoms with van der Waals surface area (Å²) in [6.07, 6.45) is 8.32. The minimum atomic E-state index is 0.356. The van der Waals surface area contributed by atoms with E-state index in [1.54, 1.807) is 0 Å². The highest BCUT2D eigenvalue weighted by Crippen LogP contribution is 2.53. The van der Waals surface area contributed by atoms with Gasteiger partial charge in [-0.2, -0.15) is 0 Å². The van der Waals surface area contributed by atoms with Crippen LogP contribution in [0.15, 0.2) is 0 Å². The van der Waals surface area contributed by atoms with E-state index < -0.39 is 0 Å². The summed E-state index contributed by atoms with van der Waals surface area (Å²) in [6.45, 7) is 6.99. The summed E-state index contributed by atoms with van der Waals surface area (Å²) in [5.41, 5.74) is 6.69. The lowest BCUT2D eigenvalue weighted by atomic mass is 9.78. The van der Waals surface area contributed by atoms with Crippen LogP contribution in [0.5, 0.6) is 0 Å². The maximum atomic E-state index is 6.33. The fraction of sp³-hybridized carbons (Fsp3) is 1.00. The molecular formula is C16H31N3. The SMILES string of the molecule is CCC1CN(C)CCCN1C1(CN)CC2CCC1C2. The first kappa shape index (κ1) is 13.8. The largest absolute Gasteiger partial charge is 0.329 e. The summed E-state index contributed by atoms with van der Waals surface area (Å²) >= 11 is 0. The molecule has 19 heavy (non-hydrogen) atoms. The lowest BCUT2D eigenvalue weighted by Crippen LogP contribution is -2.61. The van der Waals surface area contributed by atoms with E-state index in [-0.39, 0.29) is 0 Å². The molecule has 0 radical (unpaired) electrons. The van der Waals surface area contributed by atoms with E-state index in [2.05, 4.69) is 23.8 Å². The lowest BCUT2D eigenvalue weighted by Gasteiger charge is -2.49. The lowest BCUT2D eigenvalue weighted by molar-refractivity contribution is 0.00555. The minimum absolute atomic E-state index is 0.356. The number of likely N-dealkylation sites (N-methyl/N-ethyl adjacent to an activating group) is 1. The molecule has 2 saturated carbocycles. The van der Waals surface area contributed by atoms with E-state index in [4.69, 9.17) is 5.73 Å². The summed E-state index contributed by atoms with van der Waals surface area (Å²) < 4.78 is 0. The molecule has 0 spiro atoms. The maximum Gasteiger partial charge on any atom is 0.0366 e. The molecule has 4 unspecified atom stereocenters. The molecule has 3 nitrogen and oxygen atoms in total. The molecule has 1 aliphatic heterocycles. The molecule has 0 amide bonds. The van der Waals surface area contributed by atoms with Crippen LogP contribution in [0.1, 0.15) is 45.4 Å². The monoisotopic (exact) mass is 265 g/mol. The van der Waals surface area contributed by atoms with Crippen molar-refractivity contribution in [2.24, 2.45) is 17.6 Å². The van der Waals surface area contributed by atoms with Crippen molar-refractivity contribution in [3.63, 3.8) is 0 Å². The second-order valence-corrected chi connectivity index (χ2v) is 7.26. The fourth-order valence-corrected chi connectivity index (χ4v) is 5.31. The van der Waals surface area contributed by atoms with Crippen molar-refractivity contribution in [3.8, 4) is 0 Å². The van der Waals surface area contributed by atoms with Crippen LogP contribution in [0.25, 0.3) is 0 Å². The summed E-state index contributed by atoms with van der Waals surface area (Å²) in [5.74, 6) is 1.87. The molecule has 2 N–H and O–H groups in total. The Balaban J connectivity index is 1.84. The molecule has 110 valence electrons. The van der Waals surface area contributed by atoms with Gasteiger partial charge in [0.15, 0.2) is 0 Å². The van der Waals surface area contributed by atoms with Crippen molar-refractivity contribution in [2.75, 3.05) is 33.2 Å². The first-order valence-corrected chi connectivity index (χ1v) is 8.35. The van der Waals surface area contributed by atoms with Gasteiger partial charge in [0, 0.05) is 31.2 Å². The predicted molar refractivity (Wildman–Crippen MR) is 80.1 cm³/mol. The summed E-state index contributed by atoms with van der Waals surface area (Å²) in [4.78, 5) is 5.38. The van der Waals surface area contributed by atoms with Crippen molar-refractivity contribution >= 4 is 0 Å². The Morgan fingerprint density at radius 1 is 1.26 bits per heavy atom. The topological polar surface area (TPSA) is 32.5 Å². The number of rotatable bonds is 3. The van der Waals surface area contributed by atoms with Crippen LogP contribution in [0.3, 0.4) is 0 Å². The molecule has 0 aromatic rings. The van der Waals surface area contributed by atoms with Gasteiger partial charge >= 0.3 is 0 Å². The number of hydrogen-bond donors (Lipinski definition) is 1. The Bertz CT molecular complexity index is 319. The van der Waals surface area contributed by atoms with Crippen molar-refractivity contribution in [3.05, 3.63) is 0 Å². The molecular weight excluding hydrogens is 234 g/mol. The zero-order valence-electron chi connectivity index (χ0n) is 12.8. The number of fused-ring (bicyclic) bond motifs is 2. The Labute approximate surface area is 118 Å². The summed E-state index contributed by atoms with van der Waals surface area (Å²) in [5, 5.41) is 0. The van der Waals surface area contributed by atoms with E-state index in [0.717, 1.165) is 24.4 Å². The van der Waals surface area contributed by atoms with Crippen LogP contribution in [0.4, 0.5) is 0 Å². The van der Waals surface area contributed by atoms with Gasteiger partial charge < -0.3 is 10.6 Å². The number of nitrogens with zero attached hydrogens (tertiary/aromatic N) is 2.